The van der Waals surface area contributed by atoms with Crippen molar-refractivity contribution < 1.29 is 4.79 Å². The second-order valence-electron chi connectivity index (χ2n) is 4.27. The number of carbonyl (C=O) groups excluding carboxylic acids is 1. The van der Waals surface area contributed by atoms with Gasteiger partial charge in [0, 0.05) is 5.02 Å². The fourth-order valence-electron chi connectivity index (χ4n) is 2.08. The molecule has 2 aromatic rings. The zero-order chi connectivity index (χ0) is 12.7. The van der Waals surface area contributed by atoms with E-state index in [4.69, 9.17) is 11.6 Å². The predicted octanol–water partition coefficient (Wildman–Crippen LogP) is 3.96. The monoisotopic (exact) mass is 258 g/mol. The van der Waals surface area contributed by atoms with Crippen molar-refractivity contribution in [3.05, 3.63) is 52.5 Å². The van der Waals surface area contributed by atoms with Crippen molar-refractivity contribution in [2.45, 2.75) is 6.92 Å². The van der Waals surface area contributed by atoms with Crippen molar-refractivity contribution in [3.8, 4) is 0 Å². The van der Waals surface area contributed by atoms with Gasteiger partial charge in [0.15, 0.2) is 0 Å². The molecule has 1 amide bonds. The SMILES string of the molecule is Cc1cccc2c1Nc1ccc(Cl)cc1NC2=O. The Labute approximate surface area is 110 Å². The molecule has 0 spiro atoms. The zero-order valence-electron chi connectivity index (χ0n) is 9.75. The predicted molar refractivity (Wildman–Crippen MR) is 73.9 cm³/mol. The fourth-order valence-corrected chi connectivity index (χ4v) is 2.25. The first-order valence-corrected chi connectivity index (χ1v) is 6.00. The van der Waals surface area contributed by atoms with E-state index in [9.17, 15) is 4.79 Å². The highest BCUT2D eigenvalue weighted by Gasteiger charge is 2.19. The summed E-state index contributed by atoms with van der Waals surface area (Å²) in [6, 6.07) is 11.0. The zero-order valence-corrected chi connectivity index (χ0v) is 10.5. The van der Waals surface area contributed by atoms with E-state index < -0.39 is 0 Å². The first-order chi connectivity index (χ1) is 8.65. The fraction of sp³-hybridized carbons (Fsp3) is 0.0714. The van der Waals surface area contributed by atoms with Gasteiger partial charge >= 0.3 is 0 Å². The van der Waals surface area contributed by atoms with Crippen molar-refractivity contribution in [3.63, 3.8) is 0 Å². The Kier molecular flexibility index (Phi) is 2.49. The third-order valence-corrected chi connectivity index (χ3v) is 3.24. The Morgan fingerprint density at radius 1 is 1.06 bits per heavy atom. The number of aryl methyl sites for hydroxylation is 1. The van der Waals surface area contributed by atoms with Crippen LogP contribution in [-0.2, 0) is 0 Å². The van der Waals surface area contributed by atoms with Gasteiger partial charge in [-0.1, -0.05) is 23.7 Å². The summed E-state index contributed by atoms with van der Waals surface area (Å²) in [4.78, 5) is 12.1. The number of nitrogens with one attached hydrogen (secondary N) is 2. The molecular weight excluding hydrogens is 248 g/mol. The van der Waals surface area contributed by atoms with Crippen molar-refractivity contribution in [1.82, 2.24) is 0 Å². The molecule has 3 rings (SSSR count). The number of anilines is 3. The molecule has 0 saturated carbocycles. The smallest absolute Gasteiger partial charge is 0.257 e. The van der Waals surface area contributed by atoms with E-state index in [1.165, 1.54) is 0 Å². The molecule has 0 radical (unpaired) electrons. The molecule has 4 heteroatoms. The number of benzene rings is 2. The van der Waals surface area contributed by atoms with Crippen LogP contribution in [0.25, 0.3) is 0 Å². The second-order valence-corrected chi connectivity index (χ2v) is 4.70. The largest absolute Gasteiger partial charge is 0.353 e. The summed E-state index contributed by atoms with van der Waals surface area (Å²) in [6.45, 7) is 1.97. The maximum Gasteiger partial charge on any atom is 0.257 e. The van der Waals surface area contributed by atoms with Crippen LogP contribution in [0.5, 0.6) is 0 Å². The minimum Gasteiger partial charge on any atom is -0.353 e. The van der Waals surface area contributed by atoms with E-state index >= 15 is 0 Å². The van der Waals surface area contributed by atoms with Crippen LogP contribution >= 0.6 is 11.6 Å². The van der Waals surface area contributed by atoms with Crippen LogP contribution in [0.2, 0.25) is 5.02 Å². The third kappa shape index (κ3) is 1.73. The van der Waals surface area contributed by atoms with Gasteiger partial charge in [0.1, 0.15) is 0 Å². The summed E-state index contributed by atoms with van der Waals surface area (Å²) in [5.41, 5.74) is 4.06. The first-order valence-electron chi connectivity index (χ1n) is 5.63. The number of halogens is 1. The molecule has 0 unspecified atom stereocenters. The van der Waals surface area contributed by atoms with Crippen LogP contribution in [-0.4, -0.2) is 5.91 Å². The first kappa shape index (κ1) is 11.1. The van der Waals surface area contributed by atoms with Crippen molar-refractivity contribution in [1.29, 1.82) is 0 Å². The highest BCUT2D eigenvalue weighted by atomic mass is 35.5. The summed E-state index contributed by atoms with van der Waals surface area (Å²) >= 11 is 5.94. The highest BCUT2D eigenvalue weighted by Crippen LogP contribution is 2.35. The Morgan fingerprint density at radius 2 is 1.89 bits per heavy atom. The Morgan fingerprint density at radius 3 is 2.72 bits per heavy atom. The van der Waals surface area contributed by atoms with Gasteiger partial charge < -0.3 is 10.6 Å². The van der Waals surface area contributed by atoms with Crippen molar-refractivity contribution in [2.75, 3.05) is 10.6 Å². The lowest BCUT2D eigenvalue weighted by Crippen LogP contribution is -2.10. The molecule has 0 aliphatic carbocycles. The molecule has 1 aliphatic heterocycles. The normalized spacial score (nSPS) is 12.9. The van der Waals surface area contributed by atoms with Gasteiger partial charge in [0.25, 0.3) is 5.91 Å². The molecular formula is C14H11ClN2O. The van der Waals surface area contributed by atoms with E-state index in [-0.39, 0.29) is 5.91 Å². The maximum atomic E-state index is 12.1. The molecule has 2 N–H and O–H groups in total. The summed E-state index contributed by atoms with van der Waals surface area (Å²) < 4.78 is 0. The van der Waals surface area contributed by atoms with Gasteiger partial charge in [-0.3, -0.25) is 4.79 Å². The number of fused-ring (bicyclic) bond motifs is 2. The quantitative estimate of drug-likeness (QED) is 0.751. The van der Waals surface area contributed by atoms with Crippen molar-refractivity contribution in [2.24, 2.45) is 0 Å². The lowest BCUT2D eigenvalue weighted by atomic mass is 10.1. The topological polar surface area (TPSA) is 41.1 Å². The lowest BCUT2D eigenvalue weighted by molar-refractivity contribution is 0.102. The Bertz CT molecular complexity index is 652. The maximum absolute atomic E-state index is 12.1. The van der Waals surface area contributed by atoms with Crippen LogP contribution in [0.4, 0.5) is 17.1 Å². The van der Waals surface area contributed by atoms with E-state index in [2.05, 4.69) is 10.6 Å². The van der Waals surface area contributed by atoms with Crippen LogP contribution in [0, 0.1) is 6.92 Å². The molecule has 90 valence electrons. The summed E-state index contributed by atoms with van der Waals surface area (Å²) in [5, 5.41) is 6.74. The molecule has 1 aliphatic rings. The third-order valence-electron chi connectivity index (χ3n) is 3.01. The van der Waals surface area contributed by atoms with Gasteiger partial charge in [-0.25, -0.2) is 0 Å². The van der Waals surface area contributed by atoms with E-state index in [0.717, 1.165) is 16.9 Å². The summed E-state index contributed by atoms with van der Waals surface area (Å²) in [5.74, 6) is -0.123. The standard InChI is InChI=1S/C14H11ClN2O/c1-8-3-2-4-10-13(8)16-11-6-5-9(15)7-12(11)17-14(10)18/h2-7,16H,1H3,(H,17,18). The van der Waals surface area contributed by atoms with Gasteiger partial charge in [-0.15, -0.1) is 0 Å². The molecule has 0 aromatic heterocycles. The van der Waals surface area contributed by atoms with Crippen LogP contribution in [0.3, 0.4) is 0 Å². The average Bonchev–Trinajstić information content (AvgIpc) is 2.47. The van der Waals surface area contributed by atoms with Gasteiger partial charge in [-0.2, -0.15) is 0 Å². The lowest BCUT2D eigenvalue weighted by Gasteiger charge is -2.10. The van der Waals surface area contributed by atoms with Gasteiger partial charge in [0.2, 0.25) is 0 Å². The van der Waals surface area contributed by atoms with E-state index in [0.29, 0.717) is 16.3 Å². The number of carbonyl (C=O) groups is 1. The van der Waals surface area contributed by atoms with Crippen LogP contribution in [0.1, 0.15) is 15.9 Å². The molecule has 1 heterocycles. The molecule has 18 heavy (non-hydrogen) atoms. The Balaban J connectivity index is 2.20. The molecule has 0 fully saturated rings. The number of para-hydroxylation sites is 1. The molecule has 0 bridgehead atoms. The molecule has 2 aromatic carbocycles. The minimum atomic E-state index is -0.123. The highest BCUT2D eigenvalue weighted by molar-refractivity contribution is 6.31. The number of hydrogen-bond acceptors (Lipinski definition) is 2. The number of hydrogen-bond donors (Lipinski definition) is 2. The molecule has 0 atom stereocenters. The summed E-state index contributed by atoms with van der Waals surface area (Å²) in [6.07, 6.45) is 0. The van der Waals surface area contributed by atoms with Crippen molar-refractivity contribution >= 4 is 34.6 Å². The average molecular weight is 259 g/mol. The molecule has 0 saturated heterocycles. The summed E-state index contributed by atoms with van der Waals surface area (Å²) in [7, 11) is 0. The van der Waals surface area contributed by atoms with E-state index in [1.54, 1.807) is 18.2 Å². The second kappa shape index (κ2) is 4.03. The number of amides is 1. The van der Waals surface area contributed by atoms with Gasteiger partial charge in [-0.05, 0) is 36.8 Å². The molecule has 3 nitrogen and oxygen atoms in total. The minimum absolute atomic E-state index is 0.123. The van der Waals surface area contributed by atoms with E-state index in [1.807, 2.05) is 25.1 Å². The van der Waals surface area contributed by atoms with Crippen LogP contribution < -0.4 is 10.6 Å². The van der Waals surface area contributed by atoms with Gasteiger partial charge in [0.05, 0.1) is 22.6 Å². The number of rotatable bonds is 0. The Hall–Kier alpha value is -2.00. The van der Waals surface area contributed by atoms with Crippen LogP contribution in [0.15, 0.2) is 36.4 Å².